The summed E-state index contributed by atoms with van der Waals surface area (Å²) in [6.45, 7) is 2.42. The number of para-hydroxylation sites is 1. The minimum Gasteiger partial charge on any atom is -0.396 e. The van der Waals surface area contributed by atoms with Crippen molar-refractivity contribution in [3.63, 3.8) is 0 Å². The third-order valence-electron chi connectivity index (χ3n) is 5.07. The maximum Gasteiger partial charge on any atom is 0.346 e. The smallest absolute Gasteiger partial charge is 0.346 e. The molecule has 0 radical (unpaired) electrons. The third-order valence-corrected chi connectivity index (χ3v) is 5.07. The Labute approximate surface area is 145 Å². The lowest BCUT2D eigenvalue weighted by Gasteiger charge is -2.45. The molecule has 0 unspecified atom stereocenters. The van der Waals surface area contributed by atoms with Crippen molar-refractivity contribution >= 4 is 16.8 Å². The number of aliphatic hydroxyl groups excluding tert-OH is 2. The Morgan fingerprint density at radius 2 is 2.20 bits per heavy atom. The molecule has 1 aromatic carbocycles. The fourth-order valence-electron chi connectivity index (χ4n) is 3.72. The van der Waals surface area contributed by atoms with Gasteiger partial charge in [0.2, 0.25) is 0 Å². The number of hydrogen-bond donors (Lipinski definition) is 3. The number of aromatic amines is 1. The van der Waals surface area contributed by atoms with Crippen molar-refractivity contribution < 1.29 is 15.0 Å². The number of nitrogens with zero attached hydrogens (tertiary/aromatic N) is 2. The molecule has 1 amide bonds. The molecule has 1 aliphatic rings. The van der Waals surface area contributed by atoms with Crippen LogP contribution in [0, 0.1) is 5.41 Å². The molecule has 3 N–H and O–H groups in total. The summed E-state index contributed by atoms with van der Waals surface area (Å²) in [6, 6.07) is 7.04. The van der Waals surface area contributed by atoms with Gasteiger partial charge in [-0.2, -0.15) is 4.98 Å². The molecule has 7 heteroatoms. The molecule has 2 aromatic rings. The fraction of sp³-hybridized carbons (Fsp3) is 0.500. The first-order valence-electron chi connectivity index (χ1n) is 8.58. The number of amides is 1. The van der Waals surface area contributed by atoms with E-state index in [9.17, 15) is 19.8 Å². The van der Waals surface area contributed by atoms with Gasteiger partial charge in [0, 0.05) is 23.9 Å². The van der Waals surface area contributed by atoms with Gasteiger partial charge in [0.25, 0.3) is 5.91 Å². The van der Waals surface area contributed by atoms with Crippen molar-refractivity contribution in [2.24, 2.45) is 5.41 Å². The Balaban J connectivity index is 1.97. The van der Waals surface area contributed by atoms with Crippen molar-refractivity contribution in [2.75, 3.05) is 19.7 Å². The number of rotatable bonds is 4. The number of nitrogens with one attached hydrogen (secondary N) is 1. The number of aliphatic hydroxyl groups is 2. The predicted molar refractivity (Wildman–Crippen MR) is 93.3 cm³/mol. The number of aromatic nitrogens is 2. The molecule has 25 heavy (non-hydrogen) atoms. The number of piperidine rings is 1. The van der Waals surface area contributed by atoms with Crippen LogP contribution in [0.2, 0.25) is 0 Å². The van der Waals surface area contributed by atoms with E-state index in [2.05, 4.69) is 9.97 Å². The summed E-state index contributed by atoms with van der Waals surface area (Å²) in [5, 5.41) is 20.8. The van der Waals surface area contributed by atoms with E-state index in [-0.39, 0.29) is 24.8 Å². The first kappa shape index (κ1) is 17.6. The summed E-state index contributed by atoms with van der Waals surface area (Å²) in [4.78, 5) is 32.9. The van der Waals surface area contributed by atoms with E-state index in [0.29, 0.717) is 30.3 Å². The first-order valence-corrected chi connectivity index (χ1v) is 8.58. The molecule has 1 saturated heterocycles. The van der Waals surface area contributed by atoms with Crippen LogP contribution in [-0.2, 0) is 0 Å². The van der Waals surface area contributed by atoms with Gasteiger partial charge in [-0.15, -0.1) is 0 Å². The summed E-state index contributed by atoms with van der Waals surface area (Å²) in [5.74, 6) is -0.344. The monoisotopic (exact) mass is 345 g/mol. The van der Waals surface area contributed by atoms with Gasteiger partial charge in [0.15, 0.2) is 0 Å². The number of likely N-dealkylation sites (tertiary alicyclic amines) is 1. The molecule has 3 rings (SSSR count). The molecule has 1 aliphatic heterocycles. The number of carbonyl (C=O) groups excluding carboxylic acids is 1. The Hall–Kier alpha value is -2.25. The number of carbonyl (C=O) groups is 1. The first-order chi connectivity index (χ1) is 12.0. The average Bonchev–Trinajstić information content (AvgIpc) is 2.62. The maximum atomic E-state index is 13.0. The normalized spacial score (nSPS) is 23.8. The van der Waals surface area contributed by atoms with Crippen molar-refractivity contribution in [3.05, 3.63) is 40.4 Å². The number of hydrogen-bond acceptors (Lipinski definition) is 5. The van der Waals surface area contributed by atoms with Crippen molar-refractivity contribution in [2.45, 2.75) is 32.3 Å². The predicted octanol–water partition coefficient (Wildman–Crippen LogP) is 0.909. The molecule has 0 aliphatic carbocycles. The molecule has 0 saturated carbocycles. The minimum absolute atomic E-state index is 0.110. The highest BCUT2D eigenvalue weighted by molar-refractivity contribution is 6.04. The zero-order valence-corrected chi connectivity index (χ0v) is 14.2. The van der Waals surface area contributed by atoms with Crippen LogP contribution in [0.5, 0.6) is 0 Å². The summed E-state index contributed by atoms with van der Waals surface area (Å²) >= 11 is 0. The van der Waals surface area contributed by atoms with Crippen LogP contribution in [0.15, 0.2) is 29.1 Å². The second-order valence-corrected chi connectivity index (χ2v) is 6.74. The zero-order valence-electron chi connectivity index (χ0n) is 14.2. The SMILES string of the molecule is CCC[C@@]1(CO)CN(C(=O)c2nc(=O)[nH]c3ccccc23)CC[C@H]1O. The summed E-state index contributed by atoms with van der Waals surface area (Å²) in [6.07, 6.45) is 1.17. The lowest BCUT2D eigenvalue weighted by Crippen LogP contribution is -2.55. The topological polar surface area (TPSA) is 107 Å². The number of benzene rings is 1. The van der Waals surface area contributed by atoms with Crippen LogP contribution < -0.4 is 5.69 Å². The Morgan fingerprint density at radius 3 is 2.92 bits per heavy atom. The van der Waals surface area contributed by atoms with Gasteiger partial charge in [-0.05, 0) is 18.9 Å². The zero-order chi connectivity index (χ0) is 18.0. The van der Waals surface area contributed by atoms with Gasteiger partial charge in [-0.1, -0.05) is 31.5 Å². The molecule has 7 nitrogen and oxygen atoms in total. The van der Waals surface area contributed by atoms with Crippen LogP contribution in [0.1, 0.15) is 36.7 Å². The number of H-pyrrole nitrogens is 1. The largest absolute Gasteiger partial charge is 0.396 e. The van der Waals surface area contributed by atoms with E-state index in [0.717, 1.165) is 6.42 Å². The summed E-state index contributed by atoms with van der Waals surface area (Å²) < 4.78 is 0. The molecule has 0 bridgehead atoms. The van der Waals surface area contributed by atoms with Crippen LogP contribution >= 0.6 is 0 Å². The van der Waals surface area contributed by atoms with E-state index in [4.69, 9.17) is 0 Å². The van der Waals surface area contributed by atoms with Gasteiger partial charge in [0.05, 0.1) is 18.2 Å². The Morgan fingerprint density at radius 1 is 1.44 bits per heavy atom. The molecular formula is C18H23N3O4. The van der Waals surface area contributed by atoms with Gasteiger partial charge >= 0.3 is 5.69 Å². The standard InChI is InChI=1S/C18H23N3O4/c1-2-8-18(11-22)10-21(9-7-14(18)23)16(24)15-12-5-3-4-6-13(12)19-17(25)20-15/h3-6,14,22-23H,2,7-11H2,1H3,(H,19,20,25)/t14-,18+/m1/s1. The molecule has 1 aromatic heterocycles. The van der Waals surface area contributed by atoms with Crippen LogP contribution in [0.3, 0.4) is 0 Å². The van der Waals surface area contributed by atoms with E-state index in [1.165, 1.54) is 0 Å². The van der Waals surface area contributed by atoms with E-state index in [1.54, 1.807) is 29.2 Å². The highest BCUT2D eigenvalue weighted by Gasteiger charge is 2.43. The van der Waals surface area contributed by atoms with E-state index in [1.807, 2.05) is 6.92 Å². The van der Waals surface area contributed by atoms with Crippen molar-refractivity contribution in [3.8, 4) is 0 Å². The van der Waals surface area contributed by atoms with Gasteiger partial charge < -0.3 is 20.1 Å². The van der Waals surface area contributed by atoms with Crippen LogP contribution in [0.25, 0.3) is 10.9 Å². The molecule has 2 heterocycles. The maximum absolute atomic E-state index is 13.0. The Kier molecular flexibility index (Phi) is 4.87. The van der Waals surface area contributed by atoms with Gasteiger partial charge in [0.1, 0.15) is 5.69 Å². The summed E-state index contributed by atoms with van der Waals surface area (Å²) in [5.41, 5.74) is -0.621. The molecule has 0 spiro atoms. The van der Waals surface area contributed by atoms with Gasteiger partial charge in [-0.25, -0.2) is 4.79 Å². The van der Waals surface area contributed by atoms with E-state index >= 15 is 0 Å². The third kappa shape index (κ3) is 3.17. The molecule has 1 fully saturated rings. The second-order valence-electron chi connectivity index (χ2n) is 6.74. The van der Waals surface area contributed by atoms with Crippen molar-refractivity contribution in [1.82, 2.24) is 14.9 Å². The highest BCUT2D eigenvalue weighted by atomic mass is 16.3. The lowest BCUT2D eigenvalue weighted by atomic mass is 9.74. The lowest BCUT2D eigenvalue weighted by molar-refractivity contribution is -0.0720. The van der Waals surface area contributed by atoms with E-state index < -0.39 is 17.2 Å². The van der Waals surface area contributed by atoms with Crippen molar-refractivity contribution in [1.29, 1.82) is 0 Å². The van der Waals surface area contributed by atoms with Crippen LogP contribution in [-0.4, -0.2) is 56.8 Å². The minimum atomic E-state index is -0.723. The quantitative estimate of drug-likeness (QED) is 0.764. The van der Waals surface area contributed by atoms with Crippen LogP contribution in [0.4, 0.5) is 0 Å². The average molecular weight is 345 g/mol. The molecular weight excluding hydrogens is 322 g/mol. The fourth-order valence-corrected chi connectivity index (χ4v) is 3.72. The van der Waals surface area contributed by atoms with Gasteiger partial charge in [-0.3, -0.25) is 4.79 Å². The second kappa shape index (κ2) is 6.93. The molecule has 2 atom stereocenters. The Bertz CT molecular complexity index is 834. The number of fused-ring (bicyclic) bond motifs is 1. The summed E-state index contributed by atoms with van der Waals surface area (Å²) in [7, 11) is 0. The molecule has 134 valence electrons. The highest BCUT2D eigenvalue weighted by Crippen LogP contribution is 2.35.